The van der Waals surface area contributed by atoms with E-state index in [-0.39, 0.29) is 6.61 Å². The number of hydrogen-bond donors (Lipinski definition) is 0. The fourth-order valence-electron chi connectivity index (χ4n) is 2.58. The van der Waals surface area contributed by atoms with Gasteiger partial charge in [0.05, 0.1) is 18.4 Å². The molecule has 0 unspecified atom stereocenters. The number of methoxy groups -OCH3 is 1. The van der Waals surface area contributed by atoms with Gasteiger partial charge < -0.3 is 9.47 Å². The van der Waals surface area contributed by atoms with Gasteiger partial charge in [-0.15, -0.1) is 0 Å². The van der Waals surface area contributed by atoms with Crippen LogP contribution < -0.4 is 4.74 Å². The molecular formula is C19H18FN3O3. The van der Waals surface area contributed by atoms with Crippen molar-refractivity contribution in [3.05, 3.63) is 70.9 Å². The highest BCUT2D eigenvalue weighted by atomic mass is 19.1. The summed E-state index contributed by atoms with van der Waals surface area (Å²) in [5.41, 5.74) is 2.58. The van der Waals surface area contributed by atoms with Crippen molar-refractivity contribution >= 4 is 5.97 Å². The number of esters is 1. The summed E-state index contributed by atoms with van der Waals surface area (Å²) in [5.74, 6) is 0.0904. The van der Waals surface area contributed by atoms with E-state index in [9.17, 15) is 9.18 Å². The maximum Gasteiger partial charge on any atom is 0.340 e. The maximum atomic E-state index is 13.4. The van der Waals surface area contributed by atoms with Gasteiger partial charge in [0, 0.05) is 17.5 Å². The van der Waals surface area contributed by atoms with E-state index in [4.69, 9.17) is 9.47 Å². The molecule has 3 aromatic rings. The van der Waals surface area contributed by atoms with E-state index in [0.717, 1.165) is 11.4 Å². The number of aromatic nitrogens is 3. The first-order valence-electron chi connectivity index (χ1n) is 7.97. The average molecular weight is 355 g/mol. The summed E-state index contributed by atoms with van der Waals surface area (Å²) in [4.78, 5) is 16.5. The Morgan fingerprint density at radius 3 is 2.62 bits per heavy atom. The van der Waals surface area contributed by atoms with E-state index in [1.807, 2.05) is 19.9 Å². The van der Waals surface area contributed by atoms with Crippen LogP contribution in [0, 0.1) is 19.7 Å². The van der Waals surface area contributed by atoms with Gasteiger partial charge in [0.2, 0.25) is 0 Å². The van der Waals surface area contributed by atoms with E-state index < -0.39 is 11.8 Å². The molecule has 0 aliphatic rings. The minimum atomic E-state index is -0.552. The zero-order valence-electron chi connectivity index (χ0n) is 14.7. The average Bonchev–Trinajstić information content (AvgIpc) is 2.98. The van der Waals surface area contributed by atoms with Crippen molar-refractivity contribution in [3.63, 3.8) is 0 Å². The van der Waals surface area contributed by atoms with Crippen molar-refractivity contribution in [2.24, 2.45) is 0 Å². The molecule has 0 fully saturated rings. The quantitative estimate of drug-likeness (QED) is 0.657. The SMILES string of the molecule is COc1ccc(F)cc1COC(=O)c1ccc(-n2nc(C)cc2C)nc1. The highest BCUT2D eigenvalue weighted by Crippen LogP contribution is 2.20. The second-order valence-electron chi connectivity index (χ2n) is 5.78. The molecule has 0 aliphatic carbocycles. The number of aryl methyl sites for hydroxylation is 2. The molecule has 0 radical (unpaired) electrons. The van der Waals surface area contributed by atoms with Crippen LogP contribution >= 0.6 is 0 Å². The predicted molar refractivity (Wildman–Crippen MR) is 92.9 cm³/mol. The third-order valence-corrected chi connectivity index (χ3v) is 3.81. The molecule has 6 nitrogen and oxygen atoms in total. The summed E-state index contributed by atoms with van der Waals surface area (Å²) in [7, 11) is 1.47. The molecule has 2 heterocycles. The van der Waals surface area contributed by atoms with Gasteiger partial charge in [0.1, 0.15) is 18.2 Å². The van der Waals surface area contributed by atoms with Crippen molar-refractivity contribution in [1.82, 2.24) is 14.8 Å². The van der Waals surface area contributed by atoms with Crippen LogP contribution in [0.15, 0.2) is 42.6 Å². The van der Waals surface area contributed by atoms with Crippen LogP contribution in [0.5, 0.6) is 5.75 Å². The van der Waals surface area contributed by atoms with E-state index in [1.54, 1.807) is 16.8 Å². The minimum absolute atomic E-state index is 0.0982. The van der Waals surface area contributed by atoms with Gasteiger partial charge >= 0.3 is 5.97 Å². The van der Waals surface area contributed by atoms with Gasteiger partial charge in [-0.1, -0.05) is 0 Å². The number of halogens is 1. The Kier molecular flexibility index (Phi) is 4.97. The third kappa shape index (κ3) is 3.72. The minimum Gasteiger partial charge on any atom is -0.496 e. The van der Waals surface area contributed by atoms with Crippen molar-refractivity contribution in [2.75, 3.05) is 7.11 Å². The normalized spacial score (nSPS) is 10.6. The summed E-state index contributed by atoms with van der Waals surface area (Å²) < 4.78 is 25.4. The summed E-state index contributed by atoms with van der Waals surface area (Å²) in [6, 6.07) is 9.30. The zero-order valence-corrected chi connectivity index (χ0v) is 14.7. The number of nitrogens with zero attached hydrogens (tertiary/aromatic N) is 3. The number of ether oxygens (including phenoxy) is 2. The number of carbonyl (C=O) groups excluding carboxylic acids is 1. The van der Waals surface area contributed by atoms with Crippen LogP contribution in [0.4, 0.5) is 4.39 Å². The van der Waals surface area contributed by atoms with Gasteiger partial charge in [-0.3, -0.25) is 0 Å². The topological polar surface area (TPSA) is 66.2 Å². The van der Waals surface area contributed by atoms with Crippen LogP contribution in [-0.4, -0.2) is 27.8 Å². The summed E-state index contributed by atoms with van der Waals surface area (Å²) >= 11 is 0. The molecule has 0 spiro atoms. The highest BCUT2D eigenvalue weighted by molar-refractivity contribution is 5.89. The molecule has 0 atom stereocenters. The lowest BCUT2D eigenvalue weighted by Crippen LogP contribution is -2.08. The Morgan fingerprint density at radius 1 is 1.19 bits per heavy atom. The Bertz CT molecular complexity index is 936. The van der Waals surface area contributed by atoms with Gasteiger partial charge in [-0.05, 0) is 50.2 Å². The molecule has 7 heteroatoms. The lowest BCUT2D eigenvalue weighted by Gasteiger charge is -2.10. The molecule has 0 saturated carbocycles. The first-order valence-corrected chi connectivity index (χ1v) is 7.97. The first-order chi connectivity index (χ1) is 12.5. The van der Waals surface area contributed by atoms with Crippen molar-refractivity contribution in [1.29, 1.82) is 0 Å². The molecular weight excluding hydrogens is 337 g/mol. The fourth-order valence-corrected chi connectivity index (χ4v) is 2.58. The second kappa shape index (κ2) is 7.35. The number of benzene rings is 1. The van der Waals surface area contributed by atoms with Crippen LogP contribution in [0.1, 0.15) is 27.3 Å². The molecule has 0 amide bonds. The number of carbonyl (C=O) groups is 1. The molecule has 0 aliphatic heterocycles. The zero-order chi connectivity index (χ0) is 18.7. The standard InChI is InChI=1S/C19H18FN3O3/c1-12-8-13(2)23(22-12)18-7-4-14(10-21-18)19(24)26-11-15-9-16(20)5-6-17(15)25-3/h4-10H,11H2,1-3H3. The maximum absolute atomic E-state index is 13.4. The van der Waals surface area contributed by atoms with E-state index >= 15 is 0 Å². The number of hydrogen-bond acceptors (Lipinski definition) is 5. The lowest BCUT2D eigenvalue weighted by molar-refractivity contribution is 0.0469. The van der Waals surface area contributed by atoms with Crippen molar-refractivity contribution in [2.45, 2.75) is 20.5 Å². The molecule has 2 aromatic heterocycles. The first kappa shape index (κ1) is 17.6. The van der Waals surface area contributed by atoms with Gasteiger partial charge in [-0.2, -0.15) is 5.10 Å². The summed E-state index contributed by atoms with van der Waals surface area (Å²) in [5, 5.41) is 4.35. The summed E-state index contributed by atoms with van der Waals surface area (Å²) in [6.07, 6.45) is 1.43. The van der Waals surface area contributed by atoms with Crippen molar-refractivity contribution < 1.29 is 18.7 Å². The van der Waals surface area contributed by atoms with Crippen LogP contribution in [0.2, 0.25) is 0 Å². The Morgan fingerprint density at radius 2 is 2.00 bits per heavy atom. The van der Waals surface area contributed by atoms with E-state index in [2.05, 4.69) is 10.1 Å². The lowest BCUT2D eigenvalue weighted by atomic mass is 10.2. The predicted octanol–water partition coefficient (Wildman–Crippen LogP) is 3.39. The van der Waals surface area contributed by atoms with Crippen molar-refractivity contribution in [3.8, 4) is 11.6 Å². The molecule has 3 rings (SSSR count). The van der Waals surface area contributed by atoms with Crippen LogP contribution in [0.3, 0.4) is 0 Å². The molecule has 26 heavy (non-hydrogen) atoms. The van der Waals surface area contributed by atoms with E-state index in [0.29, 0.717) is 22.7 Å². The highest BCUT2D eigenvalue weighted by Gasteiger charge is 2.12. The Hall–Kier alpha value is -3.22. The molecule has 0 bridgehead atoms. The van der Waals surface area contributed by atoms with Crippen LogP contribution in [0.25, 0.3) is 5.82 Å². The Balaban J connectivity index is 1.71. The van der Waals surface area contributed by atoms with Gasteiger partial charge in [0.25, 0.3) is 0 Å². The number of rotatable bonds is 5. The smallest absolute Gasteiger partial charge is 0.340 e. The molecule has 134 valence electrons. The van der Waals surface area contributed by atoms with Crippen LogP contribution in [-0.2, 0) is 11.3 Å². The summed E-state index contributed by atoms with van der Waals surface area (Å²) in [6.45, 7) is 3.73. The number of pyridine rings is 1. The second-order valence-corrected chi connectivity index (χ2v) is 5.78. The van der Waals surface area contributed by atoms with Gasteiger partial charge in [-0.25, -0.2) is 18.9 Å². The Labute approximate surface area is 150 Å². The fraction of sp³-hybridized carbons (Fsp3) is 0.211. The van der Waals surface area contributed by atoms with E-state index in [1.165, 1.54) is 31.5 Å². The van der Waals surface area contributed by atoms with Gasteiger partial charge in [0.15, 0.2) is 5.82 Å². The largest absolute Gasteiger partial charge is 0.496 e. The molecule has 1 aromatic carbocycles. The molecule has 0 saturated heterocycles. The third-order valence-electron chi connectivity index (χ3n) is 3.81. The molecule has 0 N–H and O–H groups in total. The monoisotopic (exact) mass is 355 g/mol.